The molecule has 236 valence electrons. The molecule has 0 spiro atoms. The van der Waals surface area contributed by atoms with Crippen molar-refractivity contribution in [3.8, 4) is 22.3 Å². The first-order chi connectivity index (χ1) is 25.3. The van der Waals surface area contributed by atoms with Gasteiger partial charge in [0.05, 0.1) is 0 Å². The first kappa shape index (κ1) is 28.3. The van der Waals surface area contributed by atoms with Gasteiger partial charge in [-0.05, 0) is 109 Å². The molecule has 0 fully saturated rings. The average Bonchev–Trinajstić information content (AvgIpc) is 3.20. The van der Waals surface area contributed by atoms with Crippen LogP contribution in [0.25, 0.3) is 54.6 Å². The number of anilines is 5. The van der Waals surface area contributed by atoms with Crippen LogP contribution >= 0.6 is 0 Å². The van der Waals surface area contributed by atoms with Crippen molar-refractivity contribution in [3.63, 3.8) is 0 Å². The monoisotopic (exact) mass is 646 g/mol. The number of hydrogen-bond acceptors (Lipinski definition) is 2. The van der Waals surface area contributed by atoms with E-state index in [-0.39, 0.29) is 6.85 Å². The summed E-state index contributed by atoms with van der Waals surface area (Å²) < 4.78 is 0. The highest BCUT2D eigenvalue weighted by molar-refractivity contribution is 6.93. The second kappa shape index (κ2) is 11.0. The van der Waals surface area contributed by atoms with Gasteiger partial charge < -0.3 is 9.71 Å². The van der Waals surface area contributed by atoms with Gasteiger partial charge in [-0.3, -0.25) is 0 Å². The molecule has 2 nitrogen and oxygen atoms in total. The molecule has 0 aliphatic carbocycles. The molecule has 2 aliphatic rings. The van der Waals surface area contributed by atoms with Gasteiger partial charge in [0.25, 0.3) is 0 Å². The molecule has 0 atom stereocenters. The third kappa shape index (κ3) is 4.19. The maximum absolute atomic E-state index is 2.62. The lowest BCUT2D eigenvalue weighted by atomic mass is 9.42. The Bertz CT molecular complexity index is 2790. The van der Waals surface area contributed by atoms with Crippen LogP contribution in [0.3, 0.4) is 0 Å². The van der Waals surface area contributed by atoms with Gasteiger partial charge in [-0.25, -0.2) is 0 Å². The van der Waals surface area contributed by atoms with Gasteiger partial charge >= 0.3 is 6.85 Å². The van der Waals surface area contributed by atoms with E-state index in [1.807, 2.05) is 0 Å². The lowest BCUT2D eigenvalue weighted by Gasteiger charge is -2.44. The Morgan fingerprint density at radius 3 is 1.57 bits per heavy atom. The fraction of sp³-hybridized carbons (Fsp3) is 0. The van der Waals surface area contributed by atoms with Crippen LogP contribution in [-0.4, -0.2) is 6.85 Å². The summed E-state index contributed by atoms with van der Waals surface area (Å²) in [4.78, 5) is 4.97. The molecule has 2 heterocycles. The number of hydrogen-bond donors (Lipinski definition) is 0. The van der Waals surface area contributed by atoms with Crippen LogP contribution in [0.5, 0.6) is 0 Å². The maximum Gasteiger partial charge on any atom is 0.329 e. The van der Waals surface area contributed by atoms with E-state index in [0.29, 0.717) is 0 Å². The highest BCUT2D eigenvalue weighted by Gasteiger charge is 2.43. The summed E-state index contributed by atoms with van der Waals surface area (Å²) >= 11 is 0. The van der Waals surface area contributed by atoms with E-state index in [4.69, 9.17) is 0 Å². The van der Waals surface area contributed by atoms with Gasteiger partial charge in [0.2, 0.25) is 0 Å². The molecule has 0 bridgehead atoms. The summed E-state index contributed by atoms with van der Waals surface area (Å²) in [5.41, 5.74) is 13.8. The van der Waals surface area contributed by atoms with Gasteiger partial charge in [-0.15, -0.1) is 0 Å². The molecule has 0 radical (unpaired) electrons. The Hall–Kier alpha value is -6.58. The van der Waals surface area contributed by atoms with Crippen molar-refractivity contribution in [2.75, 3.05) is 9.71 Å². The van der Waals surface area contributed by atoms with Crippen LogP contribution < -0.4 is 20.6 Å². The minimum atomic E-state index is 0.0370. The summed E-state index contributed by atoms with van der Waals surface area (Å²) in [6.45, 7) is 0.0370. The summed E-state index contributed by atoms with van der Waals surface area (Å²) in [5, 5.41) is 7.58. The molecule has 0 saturated carbocycles. The number of benzene rings is 9. The van der Waals surface area contributed by atoms with E-state index in [0.717, 1.165) is 17.1 Å². The lowest BCUT2D eigenvalue weighted by molar-refractivity contribution is 1.29. The molecule has 0 unspecified atom stereocenters. The van der Waals surface area contributed by atoms with E-state index >= 15 is 0 Å². The van der Waals surface area contributed by atoms with E-state index in [1.54, 1.807) is 0 Å². The van der Waals surface area contributed by atoms with Gasteiger partial charge in [-0.2, -0.15) is 0 Å². The third-order valence-electron chi connectivity index (χ3n) is 11.0. The zero-order valence-corrected chi connectivity index (χ0v) is 27.9. The molecule has 0 saturated heterocycles. The molecule has 3 heteroatoms. The molecule has 9 aromatic carbocycles. The third-order valence-corrected chi connectivity index (χ3v) is 11.0. The van der Waals surface area contributed by atoms with E-state index in [9.17, 15) is 0 Å². The fourth-order valence-corrected chi connectivity index (χ4v) is 8.80. The van der Waals surface area contributed by atoms with Gasteiger partial charge in [0.15, 0.2) is 0 Å². The Morgan fingerprint density at radius 2 is 0.902 bits per heavy atom. The Labute approximate surface area is 297 Å². The van der Waals surface area contributed by atoms with E-state index in [2.05, 4.69) is 198 Å². The summed E-state index contributed by atoms with van der Waals surface area (Å²) in [6, 6.07) is 69.2. The smallest absolute Gasteiger partial charge is 0.329 e. The van der Waals surface area contributed by atoms with Crippen LogP contribution in [0.15, 0.2) is 188 Å². The summed E-state index contributed by atoms with van der Waals surface area (Å²) in [6.07, 6.45) is 0. The normalized spacial score (nSPS) is 12.6. The van der Waals surface area contributed by atoms with Crippen molar-refractivity contribution in [1.29, 1.82) is 0 Å². The Morgan fingerprint density at radius 1 is 0.353 bits per heavy atom. The van der Waals surface area contributed by atoms with Crippen LogP contribution in [0.4, 0.5) is 28.4 Å². The summed E-state index contributed by atoms with van der Waals surface area (Å²) in [5.74, 6) is 0. The highest BCUT2D eigenvalue weighted by Crippen LogP contribution is 2.50. The molecule has 0 amide bonds. The average molecular weight is 647 g/mol. The summed E-state index contributed by atoms with van der Waals surface area (Å²) in [7, 11) is 0. The van der Waals surface area contributed by atoms with Crippen molar-refractivity contribution in [1.82, 2.24) is 0 Å². The number of rotatable bonds is 3. The largest absolute Gasteiger partial charge is 0.376 e. The topological polar surface area (TPSA) is 6.48 Å². The molecule has 2 aliphatic heterocycles. The molecular weight excluding hydrogens is 615 g/mol. The highest BCUT2D eigenvalue weighted by atomic mass is 15.1. The Kier molecular flexibility index (Phi) is 6.08. The number of para-hydroxylation sites is 3. The lowest BCUT2D eigenvalue weighted by Crippen LogP contribution is -2.59. The van der Waals surface area contributed by atoms with Gasteiger partial charge in [0, 0.05) is 39.6 Å². The predicted octanol–water partition coefficient (Wildman–Crippen LogP) is 11.5. The molecule has 0 aromatic heterocycles. The standard InChI is InChI=1S/C48H31BN2/c1-3-15-36(16-4-1)50(37-17-5-2-6-18-37)38-26-23-34-31-46-42(30-35(34)29-38)48-40-20-10-8-14-33(40)25-28-44(48)49-43-27-24-32-13-7-9-19-39(32)47(43)41-21-11-12-22-45(41)51(46)49/h1-31H. The van der Waals surface area contributed by atoms with Crippen molar-refractivity contribution in [3.05, 3.63) is 188 Å². The molecule has 51 heavy (non-hydrogen) atoms. The number of fused-ring (bicyclic) bond motifs is 16. The quantitative estimate of drug-likeness (QED) is 0.176. The first-order valence-corrected chi connectivity index (χ1v) is 17.7. The van der Waals surface area contributed by atoms with Crippen LogP contribution in [-0.2, 0) is 0 Å². The minimum Gasteiger partial charge on any atom is -0.376 e. The molecular formula is C48H31BN2. The van der Waals surface area contributed by atoms with E-state index in [1.165, 1.54) is 76.9 Å². The maximum atomic E-state index is 2.62. The van der Waals surface area contributed by atoms with Crippen molar-refractivity contribution < 1.29 is 0 Å². The minimum absolute atomic E-state index is 0.0370. The zero-order valence-electron chi connectivity index (χ0n) is 27.9. The number of nitrogens with zero attached hydrogens (tertiary/aromatic N) is 2. The first-order valence-electron chi connectivity index (χ1n) is 17.7. The van der Waals surface area contributed by atoms with Crippen molar-refractivity contribution in [2.45, 2.75) is 0 Å². The Balaban J connectivity index is 1.20. The molecule has 0 N–H and O–H groups in total. The van der Waals surface area contributed by atoms with E-state index < -0.39 is 0 Å². The van der Waals surface area contributed by atoms with Crippen LogP contribution in [0, 0.1) is 0 Å². The molecule has 11 rings (SSSR count). The van der Waals surface area contributed by atoms with Crippen LogP contribution in [0.1, 0.15) is 0 Å². The molecule has 9 aromatic rings. The second-order valence-electron chi connectivity index (χ2n) is 13.7. The predicted molar refractivity (Wildman–Crippen MR) is 218 cm³/mol. The SMILES string of the molecule is c1ccc(N(c2ccccc2)c2ccc3cc4c(cc3c2)-c2c(ccc3ccccc23)B2c3ccc5ccccc5c3-c3ccccc3N24)cc1. The fourth-order valence-electron chi connectivity index (χ4n) is 8.80. The van der Waals surface area contributed by atoms with Crippen LogP contribution in [0.2, 0.25) is 0 Å². The van der Waals surface area contributed by atoms with Gasteiger partial charge in [-0.1, -0.05) is 133 Å². The zero-order chi connectivity index (χ0) is 33.5. The van der Waals surface area contributed by atoms with Crippen molar-refractivity contribution in [2.24, 2.45) is 0 Å². The second-order valence-corrected chi connectivity index (χ2v) is 13.7. The van der Waals surface area contributed by atoms with Gasteiger partial charge in [0.1, 0.15) is 0 Å². The van der Waals surface area contributed by atoms with Crippen molar-refractivity contribution >= 4 is 78.5 Å².